The minimum atomic E-state index is 0.870. The van der Waals surface area contributed by atoms with Gasteiger partial charge in [-0.05, 0) is 29.9 Å². The van der Waals surface area contributed by atoms with Crippen LogP contribution in [0.3, 0.4) is 0 Å². The molecule has 0 bridgehead atoms. The van der Waals surface area contributed by atoms with E-state index >= 15 is 0 Å². The molecule has 118 valence electrons. The van der Waals surface area contributed by atoms with Gasteiger partial charge in [-0.1, -0.05) is 86.5 Å². The summed E-state index contributed by atoms with van der Waals surface area (Å²) < 4.78 is 0. The highest BCUT2D eigenvalue weighted by atomic mass is 32.1. The molecule has 0 amide bonds. The van der Waals surface area contributed by atoms with Gasteiger partial charge in [0.25, 0.3) is 0 Å². The summed E-state index contributed by atoms with van der Waals surface area (Å²) in [6.07, 6.45) is 11.2. The van der Waals surface area contributed by atoms with Gasteiger partial charge in [-0.15, -0.1) is 0 Å². The van der Waals surface area contributed by atoms with Crippen LogP contribution in [0.25, 0.3) is 0 Å². The van der Waals surface area contributed by atoms with E-state index in [0.717, 1.165) is 23.5 Å². The number of hydrogen-bond acceptors (Lipinski definition) is 1. The van der Waals surface area contributed by atoms with Crippen molar-refractivity contribution < 1.29 is 0 Å². The zero-order valence-electron chi connectivity index (χ0n) is 14.5. The van der Waals surface area contributed by atoms with E-state index in [4.69, 9.17) is 0 Å². The Kier molecular flexibility index (Phi) is 18.7. The van der Waals surface area contributed by atoms with E-state index in [1.165, 1.54) is 51.4 Å². The Morgan fingerprint density at radius 3 is 1.53 bits per heavy atom. The van der Waals surface area contributed by atoms with Crippen molar-refractivity contribution >= 4 is 12.6 Å². The second-order valence-electron chi connectivity index (χ2n) is 6.10. The fourth-order valence-corrected chi connectivity index (χ4v) is 2.71. The van der Waals surface area contributed by atoms with E-state index in [0.29, 0.717) is 0 Å². The standard InChI is InChI=1S/C16H34S.C2H6/c1-5-14(2)8-6-7-9-15(3)10-11-16(4)12-13-17;1-2/h14-17H,5-13H2,1-4H3;1-2H3. The molecular formula is C18H40S. The van der Waals surface area contributed by atoms with Gasteiger partial charge in [-0.3, -0.25) is 0 Å². The molecule has 3 atom stereocenters. The lowest BCUT2D eigenvalue weighted by atomic mass is 9.92. The molecule has 0 fully saturated rings. The van der Waals surface area contributed by atoms with E-state index in [-0.39, 0.29) is 0 Å². The Balaban J connectivity index is 0. The zero-order valence-corrected chi connectivity index (χ0v) is 15.4. The average Bonchev–Trinajstić information content (AvgIpc) is 2.43. The molecule has 0 saturated carbocycles. The van der Waals surface area contributed by atoms with Crippen LogP contribution in [0.2, 0.25) is 0 Å². The topological polar surface area (TPSA) is 0 Å². The molecule has 0 saturated heterocycles. The van der Waals surface area contributed by atoms with Crippen molar-refractivity contribution in [3.05, 3.63) is 0 Å². The van der Waals surface area contributed by atoms with Crippen LogP contribution in [-0.2, 0) is 0 Å². The molecule has 0 heterocycles. The Bertz CT molecular complexity index is 156. The summed E-state index contributed by atoms with van der Waals surface area (Å²) in [6.45, 7) is 13.5. The molecule has 0 rings (SSSR count). The molecule has 0 aliphatic carbocycles. The van der Waals surface area contributed by atoms with E-state index in [1.54, 1.807) is 0 Å². The quantitative estimate of drug-likeness (QED) is 0.307. The third-order valence-corrected chi connectivity index (χ3v) is 4.37. The molecule has 0 aromatic carbocycles. The summed E-state index contributed by atoms with van der Waals surface area (Å²) >= 11 is 4.30. The van der Waals surface area contributed by atoms with Crippen molar-refractivity contribution in [1.29, 1.82) is 0 Å². The van der Waals surface area contributed by atoms with E-state index < -0.39 is 0 Å². The van der Waals surface area contributed by atoms with Gasteiger partial charge in [-0.25, -0.2) is 0 Å². The maximum atomic E-state index is 4.30. The van der Waals surface area contributed by atoms with E-state index in [2.05, 4.69) is 40.3 Å². The predicted molar refractivity (Wildman–Crippen MR) is 95.3 cm³/mol. The van der Waals surface area contributed by atoms with Crippen LogP contribution < -0.4 is 0 Å². The molecule has 0 radical (unpaired) electrons. The van der Waals surface area contributed by atoms with Gasteiger partial charge in [0.1, 0.15) is 0 Å². The maximum absolute atomic E-state index is 4.30. The molecule has 3 unspecified atom stereocenters. The highest BCUT2D eigenvalue weighted by Crippen LogP contribution is 2.21. The summed E-state index contributed by atoms with van der Waals surface area (Å²) in [5.41, 5.74) is 0. The van der Waals surface area contributed by atoms with Crippen molar-refractivity contribution in [3.8, 4) is 0 Å². The Hall–Kier alpha value is 0.350. The minimum absolute atomic E-state index is 0.870. The van der Waals surface area contributed by atoms with Crippen molar-refractivity contribution in [2.75, 3.05) is 5.75 Å². The van der Waals surface area contributed by atoms with E-state index in [1.807, 2.05) is 13.8 Å². The van der Waals surface area contributed by atoms with Gasteiger partial charge in [0.2, 0.25) is 0 Å². The first-order valence-electron chi connectivity index (χ1n) is 8.70. The summed E-state index contributed by atoms with van der Waals surface area (Å²) in [5.74, 6) is 3.77. The lowest BCUT2D eigenvalue weighted by molar-refractivity contribution is 0.386. The van der Waals surface area contributed by atoms with Gasteiger partial charge in [0.15, 0.2) is 0 Å². The zero-order chi connectivity index (χ0) is 15.1. The van der Waals surface area contributed by atoms with Gasteiger partial charge < -0.3 is 0 Å². The summed E-state index contributed by atoms with van der Waals surface area (Å²) in [6, 6.07) is 0. The molecular weight excluding hydrogens is 248 g/mol. The maximum Gasteiger partial charge on any atom is -0.00954 e. The minimum Gasteiger partial charge on any atom is -0.179 e. The predicted octanol–water partition coefficient (Wildman–Crippen LogP) is 6.99. The van der Waals surface area contributed by atoms with Gasteiger partial charge in [0.05, 0.1) is 0 Å². The van der Waals surface area contributed by atoms with Crippen LogP contribution in [0.1, 0.15) is 92.9 Å². The number of rotatable bonds is 11. The highest BCUT2D eigenvalue weighted by Gasteiger charge is 2.06. The third kappa shape index (κ3) is 16.3. The Labute approximate surface area is 129 Å². The van der Waals surface area contributed by atoms with E-state index in [9.17, 15) is 0 Å². The van der Waals surface area contributed by atoms with Crippen molar-refractivity contribution in [2.45, 2.75) is 92.9 Å². The molecule has 0 nitrogen and oxygen atoms in total. The molecule has 0 aromatic heterocycles. The summed E-state index contributed by atoms with van der Waals surface area (Å²) in [4.78, 5) is 0. The first kappa shape index (κ1) is 21.6. The number of hydrogen-bond donors (Lipinski definition) is 1. The van der Waals surface area contributed by atoms with Crippen molar-refractivity contribution in [1.82, 2.24) is 0 Å². The largest absolute Gasteiger partial charge is 0.179 e. The fraction of sp³-hybridized carbons (Fsp3) is 1.00. The molecule has 1 heteroatoms. The Morgan fingerprint density at radius 1 is 0.684 bits per heavy atom. The fourth-order valence-electron chi connectivity index (χ4n) is 2.27. The van der Waals surface area contributed by atoms with Crippen LogP contribution in [0, 0.1) is 17.8 Å². The summed E-state index contributed by atoms with van der Waals surface area (Å²) in [5, 5.41) is 0. The molecule has 0 aromatic rings. The van der Waals surface area contributed by atoms with Gasteiger partial charge in [0, 0.05) is 0 Å². The van der Waals surface area contributed by atoms with Crippen molar-refractivity contribution in [2.24, 2.45) is 17.8 Å². The van der Waals surface area contributed by atoms with Crippen LogP contribution in [0.5, 0.6) is 0 Å². The average molecular weight is 289 g/mol. The van der Waals surface area contributed by atoms with Crippen molar-refractivity contribution in [3.63, 3.8) is 0 Å². The summed E-state index contributed by atoms with van der Waals surface area (Å²) in [7, 11) is 0. The highest BCUT2D eigenvalue weighted by molar-refractivity contribution is 7.80. The molecule has 19 heavy (non-hydrogen) atoms. The molecule has 0 aliphatic heterocycles. The first-order valence-corrected chi connectivity index (χ1v) is 9.34. The first-order chi connectivity index (χ1) is 9.10. The second kappa shape index (κ2) is 16.4. The number of unbranched alkanes of at least 4 members (excludes halogenated alkanes) is 1. The third-order valence-electron chi connectivity index (χ3n) is 4.11. The second-order valence-corrected chi connectivity index (χ2v) is 6.55. The SMILES string of the molecule is CC.CCC(C)CCCCC(C)CCC(C)CCS. The Morgan fingerprint density at radius 2 is 1.11 bits per heavy atom. The van der Waals surface area contributed by atoms with Crippen LogP contribution in [0.15, 0.2) is 0 Å². The monoisotopic (exact) mass is 288 g/mol. The molecule has 0 N–H and O–H groups in total. The lowest BCUT2D eigenvalue weighted by Crippen LogP contribution is -2.01. The van der Waals surface area contributed by atoms with Gasteiger partial charge in [-0.2, -0.15) is 12.6 Å². The van der Waals surface area contributed by atoms with Crippen LogP contribution >= 0.6 is 12.6 Å². The smallest absolute Gasteiger partial charge is 0.00954 e. The normalized spacial score (nSPS) is 15.3. The number of thiol groups is 1. The van der Waals surface area contributed by atoms with Gasteiger partial charge >= 0.3 is 0 Å². The lowest BCUT2D eigenvalue weighted by Gasteiger charge is -2.15. The molecule has 0 spiro atoms. The van der Waals surface area contributed by atoms with Crippen LogP contribution in [-0.4, -0.2) is 5.75 Å². The molecule has 0 aliphatic rings. The van der Waals surface area contributed by atoms with Crippen LogP contribution in [0.4, 0.5) is 0 Å².